The van der Waals surface area contributed by atoms with Gasteiger partial charge in [-0.2, -0.15) is 4.98 Å². The van der Waals surface area contributed by atoms with E-state index >= 15 is 0 Å². The minimum absolute atomic E-state index is 0.216. The lowest BCUT2D eigenvalue weighted by molar-refractivity contribution is 0.0275. The standard InChI is InChI=1S/C27H31FN4O4Si/c1-27(2,3)36-26(33)32-13-11-20(16-32)34-23-10-9-22-24(31-23)25(30-17-29-22)35-19-7-8-21(28)18(15-19)12-14-37(4,5)6/h7-10,15,17,20H,11,13,16H2,1-6H3/t20-/m0/s1. The molecular formula is C27H31FN4O4Si. The highest BCUT2D eigenvalue weighted by atomic mass is 28.3. The number of carbonyl (C=O) groups is 1. The lowest BCUT2D eigenvalue weighted by atomic mass is 10.2. The summed E-state index contributed by atoms with van der Waals surface area (Å²) in [4.78, 5) is 27.1. The average Bonchev–Trinajstić information content (AvgIpc) is 3.27. The topological polar surface area (TPSA) is 86.7 Å². The maximum absolute atomic E-state index is 14.3. The van der Waals surface area contributed by atoms with Crippen molar-refractivity contribution in [3.8, 4) is 29.0 Å². The molecule has 0 saturated carbocycles. The van der Waals surface area contributed by atoms with E-state index in [0.717, 1.165) is 0 Å². The van der Waals surface area contributed by atoms with Crippen molar-refractivity contribution >= 4 is 25.2 Å². The van der Waals surface area contributed by atoms with Gasteiger partial charge < -0.3 is 19.1 Å². The number of amides is 1. The van der Waals surface area contributed by atoms with Crippen LogP contribution in [0.25, 0.3) is 11.0 Å². The summed E-state index contributed by atoms with van der Waals surface area (Å²) in [6.07, 6.45) is 1.45. The molecule has 0 N–H and O–H groups in total. The summed E-state index contributed by atoms with van der Waals surface area (Å²) >= 11 is 0. The maximum atomic E-state index is 14.3. The summed E-state index contributed by atoms with van der Waals surface area (Å²) in [7, 11) is -1.68. The smallest absolute Gasteiger partial charge is 0.410 e. The van der Waals surface area contributed by atoms with E-state index in [1.807, 2.05) is 20.8 Å². The molecule has 1 amide bonds. The SMILES string of the molecule is CC(C)(C)OC(=O)N1CC[C@H](Oc2ccc3ncnc(Oc4ccc(F)c(C#C[Si](C)(C)C)c4)c3n2)C1. The second-order valence-corrected chi connectivity index (χ2v) is 15.6. The first-order valence-electron chi connectivity index (χ1n) is 12.1. The molecule has 4 rings (SSSR count). The van der Waals surface area contributed by atoms with Gasteiger partial charge in [0.2, 0.25) is 11.8 Å². The van der Waals surface area contributed by atoms with E-state index in [1.165, 1.54) is 18.5 Å². The van der Waals surface area contributed by atoms with Crippen molar-refractivity contribution in [1.29, 1.82) is 0 Å². The van der Waals surface area contributed by atoms with Gasteiger partial charge in [0.25, 0.3) is 0 Å². The van der Waals surface area contributed by atoms with E-state index in [4.69, 9.17) is 14.2 Å². The number of hydrogen-bond donors (Lipinski definition) is 0. The maximum Gasteiger partial charge on any atom is 0.410 e. The molecule has 1 fully saturated rings. The van der Waals surface area contributed by atoms with Gasteiger partial charge in [-0.1, -0.05) is 25.6 Å². The van der Waals surface area contributed by atoms with Crippen LogP contribution >= 0.6 is 0 Å². The molecule has 8 nitrogen and oxygen atoms in total. The van der Waals surface area contributed by atoms with Crippen LogP contribution in [0.5, 0.6) is 17.5 Å². The number of likely N-dealkylation sites (tertiary alicyclic amines) is 1. The van der Waals surface area contributed by atoms with Crippen molar-refractivity contribution in [2.75, 3.05) is 13.1 Å². The van der Waals surface area contributed by atoms with Crippen LogP contribution in [0.3, 0.4) is 0 Å². The normalized spacial score (nSPS) is 15.8. The Kier molecular flexibility index (Phi) is 7.36. The summed E-state index contributed by atoms with van der Waals surface area (Å²) < 4.78 is 31.8. The number of hydrogen-bond acceptors (Lipinski definition) is 7. The number of ether oxygens (including phenoxy) is 3. The lowest BCUT2D eigenvalue weighted by Crippen LogP contribution is -2.36. The van der Waals surface area contributed by atoms with Crippen LogP contribution in [0.15, 0.2) is 36.7 Å². The highest BCUT2D eigenvalue weighted by Gasteiger charge is 2.31. The number of halogens is 1. The zero-order chi connectivity index (χ0) is 26.8. The third-order valence-corrected chi connectivity index (χ3v) is 6.11. The van der Waals surface area contributed by atoms with Gasteiger partial charge >= 0.3 is 6.09 Å². The summed E-state index contributed by atoms with van der Waals surface area (Å²) in [6, 6.07) is 7.89. The van der Waals surface area contributed by atoms with Crippen LogP contribution < -0.4 is 9.47 Å². The molecule has 1 aliphatic heterocycles. The molecule has 1 atom stereocenters. The second kappa shape index (κ2) is 10.3. The first-order chi connectivity index (χ1) is 17.4. The first-order valence-corrected chi connectivity index (χ1v) is 15.6. The quantitative estimate of drug-likeness (QED) is 0.327. The number of carbonyl (C=O) groups excluding carboxylic acids is 1. The van der Waals surface area contributed by atoms with Gasteiger partial charge in [0, 0.05) is 19.0 Å². The molecular weight excluding hydrogens is 491 g/mol. The second-order valence-electron chi connectivity index (χ2n) is 10.9. The molecule has 10 heteroatoms. The third-order valence-electron chi connectivity index (χ3n) is 5.23. The molecule has 1 aliphatic rings. The molecule has 3 aromatic rings. The Morgan fingerprint density at radius 1 is 1.16 bits per heavy atom. The molecule has 0 radical (unpaired) electrons. The Morgan fingerprint density at radius 2 is 1.95 bits per heavy atom. The first kappa shape index (κ1) is 26.4. The van der Waals surface area contributed by atoms with Crippen LogP contribution in [-0.2, 0) is 4.74 Å². The van der Waals surface area contributed by atoms with Gasteiger partial charge in [0.05, 0.1) is 17.6 Å². The van der Waals surface area contributed by atoms with Crippen molar-refractivity contribution in [2.45, 2.75) is 58.5 Å². The van der Waals surface area contributed by atoms with E-state index in [9.17, 15) is 9.18 Å². The Balaban J connectivity index is 1.52. The fourth-order valence-electron chi connectivity index (χ4n) is 3.56. The van der Waals surface area contributed by atoms with Gasteiger partial charge in [-0.3, -0.25) is 0 Å². The molecule has 37 heavy (non-hydrogen) atoms. The van der Waals surface area contributed by atoms with E-state index < -0.39 is 19.5 Å². The minimum Gasteiger partial charge on any atom is -0.472 e. The Bertz CT molecular complexity index is 1370. The van der Waals surface area contributed by atoms with Crippen LogP contribution in [-0.4, -0.2) is 58.8 Å². The number of fused-ring (bicyclic) bond motifs is 1. The monoisotopic (exact) mass is 522 g/mol. The zero-order valence-electron chi connectivity index (χ0n) is 22.0. The molecule has 3 heterocycles. The number of pyridine rings is 1. The van der Waals surface area contributed by atoms with Crippen LogP contribution in [0.1, 0.15) is 32.8 Å². The van der Waals surface area contributed by atoms with E-state index in [1.54, 1.807) is 23.1 Å². The van der Waals surface area contributed by atoms with Gasteiger partial charge in [-0.15, -0.1) is 5.54 Å². The van der Waals surface area contributed by atoms with E-state index in [2.05, 4.69) is 46.1 Å². The van der Waals surface area contributed by atoms with E-state index in [-0.39, 0.29) is 23.6 Å². The summed E-state index contributed by atoms with van der Waals surface area (Å²) in [5, 5.41) is 0. The average molecular weight is 523 g/mol. The molecule has 1 saturated heterocycles. The van der Waals surface area contributed by atoms with Crippen molar-refractivity contribution in [2.24, 2.45) is 0 Å². The summed E-state index contributed by atoms with van der Waals surface area (Å²) in [5.74, 6) is 3.50. The molecule has 0 spiro atoms. The zero-order valence-corrected chi connectivity index (χ0v) is 23.0. The largest absolute Gasteiger partial charge is 0.472 e. The van der Waals surface area contributed by atoms with Crippen molar-refractivity contribution in [3.63, 3.8) is 0 Å². The Morgan fingerprint density at radius 3 is 2.68 bits per heavy atom. The summed E-state index contributed by atoms with van der Waals surface area (Å²) in [6.45, 7) is 12.7. The highest BCUT2D eigenvalue weighted by molar-refractivity contribution is 6.83. The molecule has 0 unspecified atom stereocenters. The van der Waals surface area contributed by atoms with Crippen LogP contribution in [0, 0.1) is 17.3 Å². The van der Waals surface area contributed by atoms with Crippen molar-refractivity contribution in [3.05, 3.63) is 48.0 Å². The van der Waals surface area contributed by atoms with Gasteiger partial charge in [0.1, 0.15) is 37.7 Å². The predicted molar refractivity (Wildman–Crippen MR) is 141 cm³/mol. The molecule has 2 aromatic heterocycles. The molecule has 1 aromatic carbocycles. The van der Waals surface area contributed by atoms with Crippen LogP contribution in [0.2, 0.25) is 19.6 Å². The van der Waals surface area contributed by atoms with Gasteiger partial charge in [0.15, 0.2) is 5.52 Å². The highest BCUT2D eigenvalue weighted by Crippen LogP contribution is 2.29. The molecule has 0 bridgehead atoms. The van der Waals surface area contributed by atoms with Crippen LogP contribution in [0.4, 0.5) is 9.18 Å². The fraction of sp³-hybridized carbons (Fsp3) is 0.407. The number of benzene rings is 1. The molecule has 0 aliphatic carbocycles. The van der Waals surface area contributed by atoms with Crippen molar-refractivity contribution in [1.82, 2.24) is 19.9 Å². The number of aromatic nitrogens is 3. The number of nitrogens with zero attached hydrogens (tertiary/aromatic N) is 4. The number of rotatable bonds is 4. The van der Waals surface area contributed by atoms with Gasteiger partial charge in [-0.05, 0) is 45.0 Å². The Hall–Kier alpha value is -3.71. The Labute approximate surface area is 217 Å². The molecule has 194 valence electrons. The predicted octanol–water partition coefficient (Wildman–Crippen LogP) is 5.57. The van der Waals surface area contributed by atoms with Gasteiger partial charge in [-0.25, -0.2) is 19.2 Å². The lowest BCUT2D eigenvalue weighted by Gasteiger charge is -2.24. The summed E-state index contributed by atoms with van der Waals surface area (Å²) in [5.41, 5.74) is 3.85. The van der Waals surface area contributed by atoms with E-state index in [0.29, 0.717) is 42.2 Å². The fourth-order valence-corrected chi connectivity index (χ4v) is 4.07. The minimum atomic E-state index is -1.68. The third kappa shape index (κ3) is 7.17. The van der Waals surface area contributed by atoms with Crippen molar-refractivity contribution < 1.29 is 23.4 Å².